The zero-order valence-electron chi connectivity index (χ0n) is 9.60. The number of aromatic nitrogens is 2. The standard InChI is InChI=1S/C13H15N3O/c1-2-4-11(5-3-1)13-16-15-12(17-13)9-14-8-10-6-7-10/h1-5,10,14H,6-9H2. The molecule has 0 spiro atoms. The average molecular weight is 229 g/mol. The minimum atomic E-state index is 0.592. The van der Waals surface area contributed by atoms with E-state index in [1.165, 1.54) is 12.8 Å². The molecular formula is C13H15N3O. The zero-order chi connectivity index (χ0) is 11.5. The second kappa shape index (κ2) is 4.67. The number of nitrogens with zero attached hydrogens (tertiary/aromatic N) is 2. The highest BCUT2D eigenvalue weighted by molar-refractivity contribution is 5.51. The van der Waals surface area contributed by atoms with Crippen molar-refractivity contribution < 1.29 is 4.42 Å². The van der Waals surface area contributed by atoms with E-state index in [9.17, 15) is 0 Å². The van der Waals surface area contributed by atoms with Crippen LogP contribution >= 0.6 is 0 Å². The summed E-state index contributed by atoms with van der Waals surface area (Å²) in [6.07, 6.45) is 2.71. The Labute approximate surface area is 100 Å². The maximum Gasteiger partial charge on any atom is 0.247 e. The maximum absolute atomic E-state index is 5.59. The zero-order valence-corrected chi connectivity index (χ0v) is 9.60. The quantitative estimate of drug-likeness (QED) is 0.854. The molecule has 1 saturated carbocycles. The fourth-order valence-electron chi connectivity index (χ4n) is 1.73. The molecule has 3 rings (SSSR count). The van der Waals surface area contributed by atoms with Gasteiger partial charge in [-0.05, 0) is 37.4 Å². The van der Waals surface area contributed by atoms with Crippen LogP contribution in [-0.4, -0.2) is 16.7 Å². The summed E-state index contributed by atoms with van der Waals surface area (Å²) in [5.41, 5.74) is 0.966. The Bertz CT molecular complexity index is 476. The summed E-state index contributed by atoms with van der Waals surface area (Å²) < 4.78 is 5.59. The minimum absolute atomic E-state index is 0.592. The van der Waals surface area contributed by atoms with Gasteiger partial charge in [0, 0.05) is 5.56 Å². The molecule has 4 nitrogen and oxygen atoms in total. The Morgan fingerprint density at radius 3 is 2.76 bits per heavy atom. The second-order valence-electron chi connectivity index (χ2n) is 4.44. The molecule has 17 heavy (non-hydrogen) atoms. The lowest BCUT2D eigenvalue weighted by atomic mass is 10.2. The summed E-state index contributed by atoms with van der Waals surface area (Å²) in [7, 11) is 0. The molecule has 0 amide bonds. The molecule has 2 aromatic rings. The predicted molar refractivity (Wildman–Crippen MR) is 64.2 cm³/mol. The van der Waals surface area contributed by atoms with Gasteiger partial charge in [0.05, 0.1) is 6.54 Å². The van der Waals surface area contributed by atoms with Crippen molar-refractivity contribution in [1.82, 2.24) is 15.5 Å². The van der Waals surface area contributed by atoms with E-state index in [2.05, 4.69) is 15.5 Å². The van der Waals surface area contributed by atoms with Gasteiger partial charge in [0.15, 0.2) is 0 Å². The first-order chi connectivity index (χ1) is 8.42. The lowest BCUT2D eigenvalue weighted by Gasteiger charge is -1.97. The fraction of sp³-hybridized carbons (Fsp3) is 0.385. The Morgan fingerprint density at radius 2 is 2.00 bits per heavy atom. The van der Waals surface area contributed by atoms with Crippen LogP contribution in [0, 0.1) is 5.92 Å². The number of benzene rings is 1. The van der Waals surface area contributed by atoms with Gasteiger partial charge in [-0.1, -0.05) is 18.2 Å². The van der Waals surface area contributed by atoms with Crippen molar-refractivity contribution in [2.45, 2.75) is 19.4 Å². The summed E-state index contributed by atoms with van der Waals surface area (Å²) in [5.74, 6) is 2.12. The highest BCUT2D eigenvalue weighted by Gasteiger charge is 2.20. The molecule has 4 heteroatoms. The Balaban J connectivity index is 1.61. The lowest BCUT2D eigenvalue weighted by molar-refractivity contribution is 0.473. The molecule has 0 bridgehead atoms. The maximum atomic E-state index is 5.59. The first kappa shape index (κ1) is 10.5. The summed E-state index contributed by atoms with van der Waals surface area (Å²) in [6, 6.07) is 9.83. The molecular weight excluding hydrogens is 214 g/mol. The molecule has 1 aromatic heterocycles. The topological polar surface area (TPSA) is 51.0 Å². The van der Waals surface area contributed by atoms with Gasteiger partial charge in [-0.15, -0.1) is 10.2 Å². The third kappa shape index (κ3) is 2.71. The van der Waals surface area contributed by atoms with E-state index in [4.69, 9.17) is 4.42 Å². The minimum Gasteiger partial charge on any atom is -0.419 e. The van der Waals surface area contributed by atoms with Crippen LogP contribution in [0.4, 0.5) is 0 Å². The molecule has 1 heterocycles. The fourth-order valence-corrected chi connectivity index (χ4v) is 1.73. The highest BCUT2D eigenvalue weighted by Crippen LogP contribution is 2.27. The van der Waals surface area contributed by atoms with E-state index in [1.54, 1.807) is 0 Å². The normalized spacial score (nSPS) is 15.1. The van der Waals surface area contributed by atoms with Crippen molar-refractivity contribution >= 4 is 0 Å². The van der Waals surface area contributed by atoms with Crippen LogP contribution in [0.2, 0.25) is 0 Å². The molecule has 1 N–H and O–H groups in total. The van der Waals surface area contributed by atoms with Gasteiger partial charge in [0.1, 0.15) is 0 Å². The smallest absolute Gasteiger partial charge is 0.247 e. The van der Waals surface area contributed by atoms with Crippen LogP contribution in [0.3, 0.4) is 0 Å². The SMILES string of the molecule is c1ccc(-c2nnc(CNCC3CC3)o2)cc1. The second-order valence-corrected chi connectivity index (χ2v) is 4.44. The molecule has 0 unspecified atom stereocenters. The number of hydrogen-bond acceptors (Lipinski definition) is 4. The van der Waals surface area contributed by atoms with Crippen LogP contribution < -0.4 is 5.32 Å². The van der Waals surface area contributed by atoms with Crippen molar-refractivity contribution in [3.8, 4) is 11.5 Å². The van der Waals surface area contributed by atoms with Crippen molar-refractivity contribution in [3.05, 3.63) is 36.2 Å². The number of nitrogens with one attached hydrogen (secondary N) is 1. The summed E-state index contributed by atoms with van der Waals surface area (Å²) in [4.78, 5) is 0. The first-order valence-electron chi connectivity index (χ1n) is 6.00. The molecule has 1 aliphatic carbocycles. The average Bonchev–Trinajstić information content (AvgIpc) is 3.07. The largest absolute Gasteiger partial charge is 0.419 e. The number of rotatable bonds is 5. The molecule has 1 aromatic carbocycles. The van der Waals surface area contributed by atoms with Gasteiger partial charge in [0.25, 0.3) is 0 Å². The van der Waals surface area contributed by atoms with Crippen LogP contribution in [0.1, 0.15) is 18.7 Å². The third-order valence-electron chi connectivity index (χ3n) is 2.89. The molecule has 0 radical (unpaired) electrons. The number of hydrogen-bond donors (Lipinski definition) is 1. The van der Waals surface area contributed by atoms with Gasteiger partial charge in [-0.25, -0.2) is 0 Å². The molecule has 0 aliphatic heterocycles. The van der Waals surface area contributed by atoms with Crippen molar-refractivity contribution in [1.29, 1.82) is 0 Å². The molecule has 88 valence electrons. The summed E-state index contributed by atoms with van der Waals surface area (Å²) in [6.45, 7) is 1.72. The van der Waals surface area contributed by atoms with Crippen LogP contribution in [0.5, 0.6) is 0 Å². The van der Waals surface area contributed by atoms with E-state index in [0.29, 0.717) is 18.3 Å². The van der Waals surface area contributed by atoms with Gasteiger partial charge in [-0.3, -0.25) is 0 Å². The van der Waals surface area contributed by atoms with Gasteiger partial charge < -0.3 is 9.73 Å². The van der Waals surface area contributed by atoms with E-state index in [1.807, 2.05) is 30.3 Å². The van der Waals surface area contributed by atoms with Gasteiger partial charge in [0.2, 0.25) is 11.8 Å². The molecule has 0 atom stereocenters. The van der Waals surface area contributed by atoms with E-state index in [-0.39, 0.29) is 0 Å². The van der Waals surface area contributed by atoms with Crippen LogP contribution in [-0.2, 0) is 6.54 Å². The van der Waals surface area contributed by atoms with Crippen LogP contribution in [0.15, 0.2) is 34.7 Å². The summed E-state index contributed by atoms with van der Waals surface area (Å²) >= 11 is 0. The van der Waals surface area contributed by atoms with Gasteiger partial charge in [-0.2, -0.15) is 0 Å². The van der Waals surface area contributed by atoms with Crippen molar-refractivity contribution in [3.63, 3.8) is 0 Å². The van der Waals surface area contributed by atoms with Crippen LogP contribution in [0.25, 0.3) is 11.5 Å². The monoisotopic (exact) mass is 229 g/mol. The predicted octanol–water partition coefficient (Wildman–Crippen LogP) is 2.24. The Kier molecular flexibility index (Phi) is 2.88. The molecule has 0 saturated heterocycles. The van der Waals surface area contributed by atoms with E-state index >= 15 is 0 Å². The van der Waals surface area contributed by atoms with Gasteiger partial charge >= 0.3 is 0 Å². The third-order valence-corrected chi connectivity index (χ3v) is 2.89. The molecule has 1 aliphatic rings. The molecule has 1 fully saturated rings. The Morgan fingerprint density at radius 1 is 1.18 bits per heavy atom. The van der Waals surface area contributed by atoms with E-state index in [0.717, 1.165) is 18.0 Å². The first-order valence-corrected chi connectivity index (χ1v) is 6.00. The van der Waals surface area contributed by atoms with Crippen molar-refractivity contribution in [2.24, 2.45) is 5.92 Å². The Hall–Kier alpha value is -1.68. The van der Waals surface area contributed by atoms with Crippen molar-refractivity contribution in [2.75, 3.05) is 6.54 Å². The highest BCUT2D eigenvalue weighted by atomic mass is 16.4. The summed E-state index contributed by atoms with van der Waals surface area (Å²) in [5, 5.41) is 11.4. The van der Waals surface area contributed by atoms with E-state index < -0.39 is 0 Å². The lowest BCUT2D eigenvalue weighted by Crippen LogP contribution is -2.16.